The van der Waals surface area contributed by atoms with Crippen molar-refractivity contribution in [3.63, 3.8) is 0 Å². The molecular weight excluding hydrogens is 712 g/mol. The van der Waals surface area contributed by atoms with Gasteiger partial charge in [-0.3, -0.25) is 9.14 Å². The van der Waals surface area contributed by atoms with Gasteiger partial charge in [-0.1, -0.05) is 80.4 Å². The van der Waals surface area contributed by atoms with Gasteiger partial charge in [0.15, 0.2) is 0 Å². The number of hydrogen-bond donors (Lipinski definition) is 0. The number of anilines is 3. The first-order valence-corrected chi connectivity index (χ1v) is 14.1. The smallest absolute Gasteiger partial charge is 0.510 e. The summed E-state index contributed by atoms with van der Waals surface area (Å²) in [5.74, 6) is 2.08. The average molecular weight is 744 g/mol. The van der Waals surface area contributed by atoms with Crippen molar-refractivity contribution in [2.24, 2.45) is 5.41 Å². The van der Waals surface area contributed by atoms with Crippen molar-refractivity contribution in [3.8, 4) is 11.5 Å². The van der Waals surface area contributed by atoms with E-state index in [4.69, 9.17) is 4.74 Å². The van der Waals surface area contributed by atoms with Crippen LogP contribution in [0.4, 0.5) is 17.1 Å². The summed E-state index contributed by atoms with van der Waals surface area (Å²) >= 11 is 0. The van der Waals surface area contributed by atoms with E-state index in [0.29, 0.717) is 11.5 Å². The van der Waals surface area contributed by atoms with Crippen LogP contribution in [0.15, 0.2) is 115 Å². The molecule has 216 valence electrons. The molecule has 0 saturated carbocycles. The van der Waals surface area contributed by atoms with Gasteiger partial charge in [-0.25, -0.2) is 0 Å². The van der Waals surface area contributed by atoms with E-state index < -0.39 is 0 Å². The zero-order valence-corrected chi connectivity index (χ0v) is 26.9. The maximum Gasteiger partial charge on any atom is 2.00 e. The van der Waals surface area contributed by atoms with E-state index in [-0.39, 0.29) is 26.5 Å². The fourth-order valence-electron chi connectivity index (χ4n) is 5.73. The first-order chi connectivity index (χ1) is 20.2. The summed E-state index contributed by atoms with van der Waals surface area (Å²) in [6, 6.07) is 33.7. The van der Waals surface area contributed by atoms with E-state index in [2.05, 4.69) is 115 Å². The molecule has 0 fully saturated rings. The van der Waals surface area contributed by atoms with Crippen LogP contribution in [0, 0.1) is 23.7 Å². The zero-order chi connectivity index (χ0) is 29.2. The van der Waals surface area contributed by atoms with Gasteiger partial charge in [-0.05, 0) is 35.2 Å². The number of para-hydroxylation sites is 3. The molecule has 2 aliphatic heterocycles. The summed E-state index contributed by atoms with van der Waals surface area (Å²) in [7, 11) is 2.03. The predicted molar refractivity (Wildman–Crippen MR) is 172 cm³/mol. The van der Waals surface area contributed by atoms with Crippen molar-refractivity contribution in [2.75, 3.05) is 16.8 Å². The summed E-state index contributed by atoms with van der Waals surface area (Å²) < 4.78 is 10.6. The monoisotopic (exact) mass is 743 g/mol. The van der Waals surface area contributed by atoms with Crippen molar-refractivity contribution in [1.82, 2.24) is 4.57 Å². The Balaban J connectivity index is 0.00000329. The quantitative estimate of drug-likeness (QED) is 0.136. The van der Waals surface area contributed by atoms with Gasteiger partial charge in [0, 0.05) is 31.5 Å². The molecule has 0 bridgehead atoms. The largest absolute Gasteiger partial charge is 2.00 e. The summed E-state index contributed by atoms with van der Waals surface area (Å²) in [4.78, 5) is 4.18. The molecule has 2 aliphatic rings. The Bertz CT molecular complexity index is 1980. The minimum atomic E-state index is -0.00340. The fraction of sp³-hybridized carbons (Fsp3) is 0.135. The van der Waals surface area contributed by atoms with Crippen LogP contribution < -0.4 is 14.5 Å². The molecule has 0 N–H and O–H groups in total. The van der Waals surface area contributed by atoms with Crippen molar-refractivity contribution in [1.29, 1.82) is 0 Å². The molecule has 0 amide bonds. The third kappa shape index (κ3) is 4.78. The van der Waals surface area contributed by atoms with Crippen molar-refractivity contribution in [2.45, 2.75) is 20.8 Å². The molecule has 7 rings (SSSR count). The molecule has 0 atom stereocenters. The van der Waals surface area contributed by atoms with Gasteiger partial charge in [0.05, 0.1) is 16.9 Å². The van der Waals surface area contributed by atoms with Gasteiger partial charge in [-0.2, -0.15) is 12.1 Å². The number of rotatable bonds is 4. The Morgan fingerprint density at radius 2 is 1.56 bits per heavy atom. The van der Waals surface area contributed by atoms with Gasteiger partial charge in [-0.15, -0.1) is 35.7 Å². The van der Waals surface area contributed by atoms with Crippen LogP contribution >= 0.6 is 0 Å². The molecular formula is C37H32N4OPt. The molecule has 43 heavy (non-hydrogen) atoms. The molecule has 6 heteroatoms. The Labute approximate surface area is 267 Å². The third-order valence-corrected chi connectivity index (χ3v) is 8.01. The summed E-state index contributed by atoms with van der Waals surface area (Å²) in [5, 5.41) is 2.25. The van der Waals surface area contributed by atoms with Crippen LogP contribution in [-0.4, -0.2) is 22.9 Å². The Morgan fingerprint density at radius 1 is 0.837 bits per heavy atom. The zero-order valence-electron chi connectivity index (χ0n) is 24.7. The normalized spacial score (nSPS) is 14.8. The second-order valence-electron chi connectivity index (χ2n) is 11.7. The van der Waals surface area contributed by atoms with Crippen LogP contribution in [-0.2, 0) is 21.1 Å². The number of fused-ring (bicyclic) bond motifs is 4. The van der Waals surface area contributed by atoms with E-state index in [0.717, 1.165) is 50.9 Å². The van der Waals surface area contributed by atoms with Crippen molar-refractivity contribution in [3.05, 3.63) is 133 Å². The molecule has 0 spiro atoms. The van der Waals surface area contributed by atoms with E-state index >= 15 is 0 Å². The fourth-order valence-corrected chi connectivity index (χ4v) is 5.73. The molecule has 0 unspecified atom stereocenters. The Hall–Kier alpha value is -4.47. The summed E-state index contributed by atoms with van der Waals surface area (Å²) in [5.41, 5.74) is 6.28. The topological polar surface area (TPSA) is 23.6 Å². The van der Waals surface area contributed by atoms with Crippen molar-refractivity contribution >= 4 is 45.6 Å². The van der Waals surface area contributed by atoms with Gasteiger partial charge < -0.3 is 14.5 Å². The van der Waals surface area contributed by atoms with Gasteiger partial charge in [0.25, 0.3) is 0 Å². The minimum Gasteiger partial charge on any atom is -0.510 e. The third-order valence-electron chi connectivity index (χ3n) is 8.01. The number of nitrogens with zero attached hydrogens (tertiary/aromatic N) is 4. The first kappa shape index (κ1) is 28.6. The molecule has 1 aromatic heterocycles. The molecule has 5 nitrogen and oxygen atoms in total. The molecule has 0 saturated heterocycles. The van der Waals surface area contributed by atoms with Crippen LogP contribution in [0.25, 0.3) is 21.8 Å². The number of ether oxygens (including phenoxy) is 1. The summed E-state index contributed by atoms with van der Waals surface area (Å²) in [6.07, 6.45) is 7.34. The molecule has 4 aromatic carbocycles. The van der Waals surface area contributed by atoms with Crippen LogP contribution in [0.5, 0.6) is 11.5 Å². The molecule has 0 radical (unpaired) electrons. The van der Waals surface area contributed by atoms with Crippen LogP contribution in [0.3, 0.4) is 0 Å². The number of hydrogen-bond acceptors (Lipinski definition) is 3. The number of aromatic nitrogens is 1. The van der Waals surface area contributed by atoms with Crippen molar-refractivity contribution < 1.29 is 30.4 Å². The molecule has 5 aromatic rings. The predicted octanol–water partition coefficient (Wildman–Crippen LogP) is 8.79. The van der Waals surface area contributed by atoms with E-state index in [1.54, 1.807) is 0 Å². The second kappa shape index (κ2) is 10.7. The van der Waals surface area contributed by atoms with Crippen LogP contribution in [0.1, 0.15) is 20.8 Å². The van der Waals surface area contributed by atoms with Crippen LogP contribution in [0.2, 0.25) is 0 Å². The van der Waals surface area contributed by atoms with E-state index in [9.17, 15) is 0 Å². The SMILES string of the molecule is C=C1N(C)c2ccccc2N1c1[c-]c(Oc2[c-]c3c(cc2)c2ccccc2n3[C-]2C=C(C(C)(C)C)C=C[N+]2=C)ccc1.[Pt+2]. The van der Waals surface area contributed by atoms with E-state index in [1.165, 1.54) is 5.57 Å². The number of allylic oxidation sites excluding steroid dienone is 2. The van der Waals surface area contributed by atoms with Gasteiger partial charge >= 0.3 is 21.1 Å². The Kier molecular flexibility index (Phi) is 7.10. The average Bonchev–Trinajstić information content (AvgIpc) is 3.43. The standard InChI is InChI=1S/C37H32N4O.Pt/c1-25-39(6)33-16-9-10-17-34(33)40(25)27-12-11-13-28(23-27)42-29-18-19-31-30-14-7-8-15-32(30)41(35(31)24-29)36-22-26(37(2,3)4)20-21-38(36)5;/h7-22H,1,5H2,2-4,6H3;/q-2;+2. The second-order valence-corrected chi connectivity index (χ2v) is 11.7. The van der Waals surface area contributed by atoms with Gasteiger partial charge in [0.2, 0.25) is 6.17 Å². The minimum absolute atomic E-state index is 0. The summed E-state index contributed by atoms with van der Waals surface area (Å²) in [6.45, 7) is 15.3. The van der Waals surface area contributed by atoms with E-state index in [1.807, 2.05) is 54.2 Å². The Morgan fingerprint density at radius 3 is 2.35 bits per heavy atom. The van der Waals surface area contributed by atoms with Gasteiger partial charge in [0.1, 0.15) is 5.82 Å². The first-order valence-electron chi connectivity index (χ1n) is 14.1. The molecule has 3 heterocycles. The maximum absolute atomic E-state index is 6.42. The molecule has 0 aliphatic carbocycles. The maximum atomic E-state index is 6.42. The number of benzene rings is 4.